The van der Waals surface area contributed by atoms with Crippen molar-refractivity contribution in [2.24, 2.45) is 7.05 Å². The Morgan fingerprint density at radius 3 is 1.97 bits per heavy atom. The summed E-state index contributed by atoms with van der Waals surface area (Å²) in [6.45, 7) is 0. The van der Waals surface area contributed by atoms with Crippen molar-refractivity contribution in [1.82, 2.24) is 9.78 Å². The maximum Gasteiger partial charge on any atom is 0.335 e. The third-order valence-corrected chi connectivity index (χ3v) is 4.97. The van der Waals surface area contributed by atoms with Crippen molar-refractivity contribution in [3.8, 4) is 22.4 Å². The van der Waals surface area contributed by atoms with E-state index in [-0.39, 0.29) is 11.1 Å². The Kier molecular flexibility index (Phi) is 5.63. The fourth-order valence-electron chi connectivity index (χ4n) is 3.42. The van der Waals surface area contributed by atoms with E-state index in [1.807, 2.05) is 60.7 Å². The number of benzene rings is 3. The van der Waals surface area contributed by atoms with Crippen LogP contribution in [0.3, 0.4) is 0 Å². The molecule has 0 saturated heterocycles. The second-order valence-corrected chi connectivity index (χ2v) is 7.10. The highest BCUT2D eigenvalue weighted by molar-refractivity contribution is 6.10. The van der Waals surface area contributed by atoms with Crippen LogP contribution in [0.4, 0.5) is 5.69 Å². The van der Waals surface area contributed by atoms with Crippen LogP contribution >= 0.6 is 0 Å². The summed E-state index contributed by atoms with van der Waals surface area (Å²) in [5.41, 5.74) is 2.27. The van der Waals surface area contributed by atoms with Crippen LogP contribution in [0, 0.1) is 0 Å². The van der Waals surface area contributed by atoms with Gasteiger partial charge in [0.15, 0.2) is 0 Å². The standard InChI is InChI=1S/C25H19N3O4/c1-28-24(30)21(23(29)26-19-14-12-18(13-15-19)25(31)32)20(16-8-4-2-5-9-16)22(27-28)17-10-6-3-7-11-17/h2-15H,1H3,(H,26,29)(H,31,32). The normalized spacial score (nSPS) is 10.5. The second-order valence-electron chi connectivity index (χ2n) is 7.10. The number of hydrogen-bond acceptors (Lipinski definition) is 4. The molecule has 1 aromatic heterocycles. The Labute approximate surface area is 183 Å². The summed E-state index contributed by atoms with van der Waals surface area (Å²) >= 11 is 0. The predicted octanol–water partition coefficient (Wildman–Crippen LogP) is 4.06. The first kappa shape index (κ1) is 20.7. The zero-order chi connectivity index (χ0) is 22.7. The molecular formula is C25H19N3O4. The SMILES string of the molecule is Cn1nc(-c2ccccc2)c(-c2ccccc2)c(C(=O)Nc2ccc(C(=O)O)cc2)c1=O. The van der Waals surface area contributed by atoms with E-state index in [4.69, 9.17) is 5.11 Å². The molecule has 0 fully saturated rings. The minimum Gasteiger partial charge on any atom is -0.478 e. The van der Waals surface area contributed by atoms with Crippen LogP contribution in [-0.2, 0) is 7.05 Å². The Morgan fingerprint density at radius 2 is 1.41 bits per heavy atom. The Bertz CT molecular complexity index is 1350. The lowest BCUT2D eigenvalue weighted by molar-refractivity contribution is 0.0696. The molecule has 0 bridgehead atoms. The van der Waals surface area contributed by atoms with Gasteiger partial charge in [0.1, 0.15) is 5.56 Å². The molecule has 0 saturated carbocycles. The van der Waals surface area contributed by atoms with E-state index in [2.05, 4.69) is 10.4 Å². The zero-order valence-electron chi connectivity index (χ0n) is 17.1. The van der Waals surface area contributed by atoms with E-state index < -0.39 is 17.4 Å². The maximum atomic E-state index is 13.3. The molecule has 0 atom stereocenters. The topological polar surface area (TPSA) is 101 Å². The van der Waals surface area contributed by atoms with Gasteiger partial charge in [0.05, 0.1) is 11.3 Å². The number of aryl methyl sites for hydroxylation is 1. The van der Waals surface area contributed by atoms with E-state index >= 15 is 0 Å². The third kappa shape index (κ3) is 4.04. The number of aromatic carboxylic acids is 1. The molecule has 7 nitrogen and oxygen atoms in total. The summed E-state index contributed by atoms with van der Waals surface area (Å²) in [6.07, 6.45) is 0. The van der Waals surface area contributed by atoms with Gasteiger partial charge in [0, 0.05) is 23.9 Å². The summed E-state index contributed by atoms with van der Waals surface area (Å²) in [4.78, 5) is 37.5. The fourth-order valence-corrected chi connectivity index (χ4v) is 3.42. The predicted molar refractivity (Wildman–Crippen MR) is 122 cm³/mol. The Balaban J connectivity index is 1.89. The monoisotopic (exact) mass is 425 g/mol. The Hall–Kier alpha value is -4.52. The van der Waals surface area contributed by atoms with Crippen LogP contribution < -0.4 is 10.9 Å². The number of aromatic nitrogens is 2. The maximum absolute atomic E-state index is 13.3. The molecule has 0 aliphatic heterocycles. The average Bonchev–Trinajstić information content (AvgIpc) is 2.81. The van der Waals surface area contributed by atoms with E-state index in [9.17, 15) is 14.4 Å². The van der Waals surface area contributed by atoms with Crippen molar-refractivity contribution in [2.45, 2.75) is 0 Å². The lowest BCUT2D eigenvalue weighted by atomic mass is 9.95. The van der Waals surface area contributed by atoms with Crippen molar-refractivity contribution in [3.05, 3.63) is 106 Å². The van der Waals surface area contributed by atoms with Gasteiger partial charge in [-0.25, -0.2) is 9.48 Å². The summed E-state index contributed by atoms with van der Waals surface area (Å²) < 4.78 is 1.15. The first-order chi connectivity index (χ1) is 15.5. The highest BCUT2D eigenvalue weighted by Gasteiger charge is 2.24. The first-order valence-corrected chi connectivity index (χ1v) is 9.82. The van der Waals surface area contributed by atoms with Crippen LogP contribution in [0.2, 0.25) is 0 Å². The number of carboxylic acids is 1. The smallest absolute Gasteiger partial charge is 0.335 e. The highest BCUT2D eigenvalue weighted by Crippen LogP contribution is 2.32. The molecule has 0 aliphatic rings. The van der Waals surface area contributed by atoms with Crippen molar-refractivity contribution in [2.75, 3.05) is 5.32 Å². The largest absolute Gasteiger partial charge is 0.478 e. The minimum absolute atomic E-state index is 0.0464. The van der Waals surface area contributed by atoms with Gasteiger partial charge in [0.25, 0.3) is 11.5 Å². The molecule has 1 amide bonds. The van der Waals surface area contributed by atoms with Gasteiger partial charge >= 0.3 is 5.97 Å². The zero-order valence-corrected chi connectivity index (χ0v) is 17.1. The first-order valence-electron chi connectivity index (χ1n) is 9.82. The molecule has 32 heavy (non-hydrogen) atoms. The summed E-state index contributed by atoms with van der Waals surface area (Å²) in [5, 5.41) is 16.2. The molecule has 4 rings (SSSR count). The van der Waals surface area contributed by atoms with Crippen molar-refractivity contribution >= 4 is 17.6 Å². The van der Waals surface area contributed by atoms with Crippen LogP contribution in [0.1, 0.15) is 20.7 Å². The van der Waals surface area contributed by atoms with Gasteiger partial charge in [-0.2, -0.15) is 5.10 Å². The minimum atomic E-state index is -1.07. The van der Waals surface area contributed by atoms with Crippen LogP contribution in [0.25, 0.3) is 22.4 Å². The molecule has 158 valence electrons. The average molecular weight is 425 g/mol. The number of nitrogens with one attached hydrogen (secondary N) is 1. The van der Waals surface area contributed by atoms with E-state index in [1.165, 1.54) is 31.3 Å². The molecule has 0 radical (unpaired) electrons. The van der Waals surface area contributed by atoms with Crippen LogP contribution in [-0.4, -0.2) is 26.8 Å². The molecule has 0 unspecified atom stereocenters. The van der Waals surface area contributed by atoms with Crippen molar-refractivity contribution in [3.63, 3.8) is 0 Å². The molecule has 7 heteroatoms. The van der Waals surface area contributed by atoms with Gasteiger partial charge in [-0.3, -0.25) is 9.59 Å². The number of carbonyl (C=O) groups excluding carboxylic acids is 1. The second kappa shape index (κ2) is 8.69. The number of carboxylic acid groups (broad SMARTS) is 1. The summed E-state index contributed by atoms with van der Waals surface area (Å²) in [6, 6.07) is 24.2. The number of amides is 1. The lowest BCUT2D eigenvalue weighted by Gasteiger charge is -2.16. The van der Waals surface area contributed by atoms with E-state index in [1.54, 1.807) is 0 Å². The lowest BCUT2D eigenvalue weighted by Crippen LogP contribution is -2.31. The summed E-state index contributed by atoms with van der Waals surface area (Å²) in [7, 11) is 1.50. The number of hydrogen-bond donors (Lipinski definition) is 2. The third-order valence-electron chi connectivity index (χ3n) is 4.97. The highest BCUT2D eigenvalue weighted by atomic mass is 16.4. The van der Waals surface area contributed by atoms with Crippen molar-refractivity contribution in [1.29, 1.82) is 0 Å². The molecule has 4 aromatic rings. The van der Waals surface area contributed by atoms with Gasteiger partial charge in [0.2, 0.25) is 0 Å². The molecule has 2 N–H and O–H groups in total. The van der Waals surface area contributed by atoms with Gasteiger partial charge < -0.3 is 10.4 Å². The van der Waals surface area contributed by atoms with Crippen LogP contribution in [0.15, 0.2) is 89.7 Å². The van der Waals surface area contributed by atoms with E-state index in [0.717, 1.165) is 10.2 Å². The molecule has 0 spiro atoms. The quantitative estimate of drug-likeness (QED) is 0.502. The van der Waals surface area contributed by atoms with Gasteiger partial charge in [-0.1, -0.05) is 60.7 Å². The number of rotatable bonds is 5. The number of anilines is 1. The van der Waals surface area contributed by atoms with Crippen LogP contribution in [0.5, 0.6) is 0 Å². The summed E-state index contributed by atoms with van der Waals surface area (Å²) in [5.74, 6) is -1.67. The number of nitrogens with zero attached hydrogens (tertiary/aromatic N) is 2. The molecule has 0 aliphatic carbocycles. The molecule has 1 heterocycles. The van der Waals surface area contributed by atoms with Gasteiger partial charge in [-0.15, -0.1) is 0 Å². The van der Waals surface area contributed by atoms with Crippen molar-refractivity contribution < 1.29 is 14.7 Å². The molecular weight excluding hydrogens is 406 g/mol. The Morgan fingerprint density at radius 1 is 0.844 bits per heavy atom. The van der Waals surface area contributed by atoms with Gasteiger partial charge in [-0.05, 0) is 29.8 Å². The fraction of sp³-hybridized carbons (Fsp3) is 0.0400. The molecule has 3 aromatic carbocycles. The number of carbonyl (C=O) groups is 2. The van der Waals surface area contributed by atoms with E-state index in [0.29, 0.717) is 22.5 Å².